The monoisotopic (exact) mass is 243 g/mol. The maximum absolute atomic E-state index is 4.59. The molecule has 2 aromatic heterocycles. The third kappa shape index (κ3) is 2.03. The van der Waals surface area contributed by atoms with E-state index in [0.717, 1.165) is 24.4 Å². The van der Waals surface area contributed by atoms with Gasteiger partial charge in [-0.2, -0.15) is 0 Å². The Labute approximate surface area is 108 Å². The minimum absolute atomic E-state index is 0.536. The second-order valence-corrected chi connectivity index (χ2v) is 5.84. The minimum Gasteiger partial charge on any atom is -0.311 e. The Morgan fingerprint density at radius 2 is 2.22 bits per heavy atom. The highest BCUT2D eigenvalue weighted by molar-refractivity contribution is 5.42. The van der Waals surface area contributed by atoms with Crippen molar-refractivity contribution in [2.45, 2.75) is 39.7 Å². The van der Waals surface area contributed by atoms with Crippen LogP contribution in [0.15, 0.2) is 24.4 Å². The molecule has 1 aliphatic rings. The summed E-state index contributed by atoms with van der Waals surface area (Å²) in [5.41, 5.74) is 4.00. The lowest BCUT2D eigenvalue weighted by molar-refractivity contribution is 0.156. The Hall–Kier alpha value is -1.35. The second-order valence-electron chi connectivity index (χ2n) is 5.84. The van der Waals surface area contributed by atoms with E-state index in [4.69, 9.17) is 0 Å². The molecule has 0 aliphatic heterocycles. The van der Waals surface area contributed by atoms with E-state index >= 15 is 0 Å². The summed E-state index contributed by atoms with van der Waals surface area (Å²) < 4.78 is 2.19. The molecule has 3 heteroatoms. The fraction of sp³-hybridized carbons (Fsp3) is 0.533. The summed E-state index contributed by atoms with van der Waals surface area (Å²) in [6, 6.07) is 6.16. The molecule has 0 radical (unpaired) electrons. The van der Waals surface area contributed by atoms with Gasteiger partial charge in [-0.05, 0) is 37.3 Å². The van der Waals surface area contributed by atoms with Crippen molar-refractivity contribution in [2.24, 2.45) is 5.41 Å². The van der Waals surface area contributed by atoms with Gasteiger partial charge < -0.3 is 9.72 Å². The van der Waals surface area contributed by atoms with Crippen LogP contribution in [0.4, 0.5) is 0 Å². The molecule has 0 amide bonds. The first kappa shape index (κ1) is 11.7. The van der Waals surface area contributed by atoms with E-state index in [1.807, 2.05) is 6.07 Å². The Balaban J connectivity index is 1.72. The molecule has 1 N–H and O–H groups in total. The van der Waals surface area contributed by atoms with Gasteiger partial charge in [0.15, 0.2) is 0 Å². The molecule has 0 unspecified atom stereocenters. The van der Waals surface area contributed by atoms with Crippen molar-refractivity contribution in [3.63, 3.8) is 0 Å². The average molecular weight is 243 g/mol. The molecule has 0 bridgehead atoms. The summed E-state index contributed by atoms with van der Waals surface area (Å²) in [7, 11) is 0. The van der Waals surface area contributed by atoms with E-state index in [1.165, 1.54) is 25.0 Å². The van der Waals surface area contributed by atoms with Gasteiger partial charge in [0.2, 0.25) is 0 Å². The standard InChI is InChI=1S/C15H21N3/c1-12-13(10-16-11-15(2)7-5-8-15)18-9-4-3-6-14(18)17-12/h3-4,6,9,16H,5,7-8,10-11H2,1-2H3. The lowest BCUT2D eigenvalue weighted by atomic mass is 9.70. The Morgan fingerprint density at radius 3 is 2.94 bits per heavy atom. The summed E-state index contributed by atoms with van der Waals surface area (Å²) in [6.45, 7) is 6.50. The van der Waals surface area contributed by atoms with Gasteiger partial charge in [0.05, 0.1) is 11.4 Å². The van der Waals surface area contributed by atoms with Crippen LogP contribution in [-0.4, -0.2) is 15.9 Å². The summed E-state index contributed by atoms with van der Waals surface area (Å²) in [4.78, 5) is 4.59. The highest BCUT2D eigenvalue weighted by Gasteiger charge is 2.31. The predicted molar refractivity (Wildman–Crippen MR) is 73.6 cm³/mol. The van der Waals surface area contributed by atoms with Crippen LogP contribution in [0, 0.1) is 12.3 Å². The van der Waals surface area contributed by atoms with Gasteiger partial charge in [0.25, 0.3) is 0 Å². The van der Waals surface area contributed by atoms with Crippen LogP contribution < -0.4 is 5.32 Å². The molecule has 0 aromatic carbocycles. The first-order valence-corrected chi connectivity index (χ1v) is 6.81. The van der Waals surface area contributed by atoms with Crippen molar-refractivity contribution >= 4 is 5.65 Å². The molecule has 0 atom stereocenters. The summed E-state index contributed by atoms with van der Waals surface area (Å²) in [6.07, 6.45) is 6.22. The van der Waals surface area contributed by atoms with Crippen LogP contribution in [0.25, 0.3) is 5.65 Å². The number of nitrogens with one attached hydrogen (secondary N) is 1. The number of pyridine rings is 1. The number of fused-ring (bicyclic) bond motifs is 1. The summed E-state index contributed by atoms with van der Waals surface area (Å²) in [5.74, 6) is 0. The Kier molecular flexibility index (Phi) is 2.86. The van der Waals surface area contributed by atoms with Crippen molar-refractivity contribution < 1.29 is 0 Å². The molecule has 18 heavy (non-hydrogen) atoms. The Bertz CT molecular complexity index is 552. The van der Waals surface area contributed by atoms with Crippen molar-refractivity contribution in [1.82, 2.24) is 14.7 Å². The van der Waals surface area contributed by atoms with Crippen LogP contribution in [0.3, 0.4) is 0 Å². The third-order valence-corrected chi connectivity index (χ3v) is 4.23. The number of nitrogens with zero attached hydrogens (tertiary/aromatic N) is 2. The average Bonchev–Trinajstić information content (AvgIpc) is 2.64. The quantitative estimate of drug-likeness (QED) is 0.894. The number of hydrogen-bond donors (Lipinski definition) is 1. The first-order valence-electron chi connectivity index (χ1n) is 6.81. The van der Waals surface area contributed by atoms with Crippen LogP contribution in [0.5, 0.6) is 0 Å². The molecular weight excluding hydrogens is 222 g/mol. The number of rotatable bonds is 4. The lowest BCUT2D eigenvalue weighted by Gasteiger charge is -2.38. The molecule has 2 heterocycles. The molecule has 96 valence electrons. The van der Waals surface area contributed by atoms with E-state index in [-0.39, 0.29) is 0 Å². The van der Waals surface area contributed by atoms with Crippen molar-refractivity contribution in [2.75, 3.05) is 6.54 Å². The van der Waals surface area contributed by atoms with E-state index in [9.17, 15) is 0 Å². The molecule has 3 nitrogen and oxygen atoms in total. The largest absolute Gasteiger partial charge is 0.311 e. The number of hydrogen-bond acceptors (Lipinski definition) is 2. The summed E-state index contributed by atoms with van der Waals surface area (Å²) in [5, 5.41) is 3.60. The molecule has 1 saturated carbocycles. The fourth-order valence-electron chi connectivity index (χ4n) is 2.82. The number of imidazole rings is 1. The highest BCUT2D eigenvalue weighted by atomic mass is 15.0. The van der Waals surface area contributed by atoms with Gasteiger partial charge in [-0.15, -0.1) is 0 Å². The zero-order valence-electron chi connectivity index (χ0n) is 11.2. The van der Waals surface area contributed by atoms with Crippen LogP contribution >= 0.6 is 0 Å². The van der Waals surface area contributed by atoms with E-state index in [0.29, 0.717) is 5.41 Å². The van der Waals surface area contributed by atoms with E-state index < -0.39 is 0 Å². The second kappa shape index (κ2) is 4.39. The number of aryl methyl sites for hydroxylation is 1. The van der Waals surface area contributed by atoms with E-state index in [2.05, 4.69) is 46.9 Å². The van der Waals surface area contributed by atoms with Crippen LogP contribution in [-0.2, 0) is 6.54 Å². The zero-order chi connectivity index (χ0) is 12.6. The van der Waals surface area contributed by atoms with Gasteiger partial charge in [-0.3, -0.25) is 0 Å². The summed E-state index contributed by atoms with van der Waals surface area (Å²) >= 11 is 0. The Morgan fingerprint density at radius 1 is 1.39 bits per heavy atom. The molecule has 0 spiro atoms. The molecule has 1 aliphatic carbocycles. The number of aromatic nitrogens is 2. The molecular formula is C15H21N3. The zero-order valence-corrected chi connectivity index (χ0v) is 11.2. The van der Waals surface area contributed by atoms with Gasteiger partial charge in [0, 0.05) is 19.3 Å². The fourth-order valence-corrected chi connectivity index (χ4v) is 2.82. The molecule has 1 fully saturated rings. The minimum atomic E-state index is 0.536. The van der Waals surface area contributed by atoms with Gasteiger partial charge in [-0.25, -0.2) is 4.98 Å². The molecule has 3 rings (SSSR count). The van der Waals surface area contributed by atoms with Crippen molar-refractivity contribution in [1.29, 1.82) is 0 Å². The van der Waals surface area contributed by atoms with Gasteiger partial charge >= 0.3 is 0 Å². The lowest BCUT2D eigenvalue weighted by Crippen LogP contribution is -2.37. The van der Waals surface area contributed by atoms with Gasteiger partial charge in [-0.1, -0.05) is 19.4 Å². The maximum atomic E-state index is 4.59. The normalized spacial score (nSPS) is 17.9. The van der Waals surface area contributed by atoms with Crippen LogP contribution in [0.2, 0.25) is 0 Å². The molecule has 0 saturated heterocycles. The topological polar surface area (TPSA) is 29.3 Å². The smallest absolute Gasteiger partial charge is 0.137 e. The first-order chi connectivity index (χ1) is 8.68. The highest BCUT2D eigenvalue weighted by Crippen LogP contribution is 2.39. The SMILES string of the molecule is Cc1nc2ccccn2c1CNCC1(C)CCC1. The molecule has 2 aromatic rings. The third-order valence-electron chi connectivity index (χ3n) is 4.23. The maximum Gasteiger partial charge on any atom is 0.137 e. The van der Waals surface area contributed by atoms with Crippen molar-refractivity contribution in [3.05, 3.63) is 35.8 Å². The van der Waals surface area contributed by atoms with Gasteiger partial charge in [0.1, 0.15) is 5.65 Å². The predicted octanol–water partition coefficient (Wildman–Crippen LogP) is 2.92. The van der Waals surface area contributed by atoms with Crippen molar-refractivity contribution in [3.8, 4) is 0 Å². The van der Waals surface area contributed by atoms with Crippen LogP contribution in [0.1, 0.15) is 37.6 Å². The van der Waals surface area contributed by atoms with E-state index in [1.54, 1.807) is 0 Å².